The van der Waals surface area contributed by atoms with E-state index in [-0.39, 0.29) is 16.8 Å². The Morgan fingerprint density at radius 3 is 2.50 bits per heavy atom. The maximum Gasteiger partial charge on any atom is 0.251 e. The van der Waals surface area contributed by atoms with Crippen molar-refractivity contribution >= 4 is 15.9 Å². The highest BCUT2D eigenvalue weighted by Crippen LogP contribution is 2.36. The number of aryl methyl sites for hydroxylation is 2. The quantitative estimate of drug-likeness (QED) is 0.861. The van der Waals surface area contributed by atoms with Crippen LogP contribution in [0.25, 0.3) is 0 Å². The number of carbonyl (C=O) groups excluding carboxylic acids is 1. The van der Waals surface area contributed by atoms with Crippen molar-refractivity contribution in [2.24, 2.45) is 0 Å². The van der Waals surface area contributed by atoms with Gasteiger partial charge in [0.1, 0.15) is 5.75 Å². The van der Waals surface area contributed by atoms with E-state index in [9.17, 15) is 13.2 Å². The van der Waals surface area contributed by atoms with E-state index in [0.717, 1.165) is 22.4 Å². The van der Waals surface area contributed by atoms with Gasteiger partial charge < -0.3 is 10.1 Å². The molecule has 0 saturated heterocycles. The molecule has 1 heterocycles. The Morgan fingerprint density at radius 1 is 1.15 bits per heavy atom. The van der Waals surface area contributed by atoms with E-state index < -0.39 is 10.0 Å². The summed E-state index contributed by atoms with van der Waals surface area (Å²) in [6.07, 6.45) is 0.561. The van der Waals surface area contributed by atoms with E-state index in [4.69, 9.17) is 4.74 Å². The third kappa shape index (κ3) is 3.59. The first kappa shape index (κ1) is 18.4. The highest BCUT2D eigenvalue weighted by Gasteiger charge is 2.28. The SMILES string of the molecule is CNC(=O)c1ccc(S(=O)(=O)NC2CCOc3c(C)cc(C)cc32)cc1. The largest absolute Gasteiger partial charge is 0.493 e. The number of fused-ring (bicyclic) bond motifs is 1. The number of rotatable bonds is 4. The average molecular weight is 374 g/mol. The number of hydrogen-bond acceptors (Lipinski definition) is 4. The summed E-state index contributed by atoms with van der Waals surface area (Å²) in [5.74, 6) is 0.496. The Balaban J connectivity index is 1.88. The lowest BCUT2D eigenvalue weighted by Crippen LogP contribution is -2.32. The molecular weight excluding hydrogens is 352 g/mol. The van der Waals surface area contributed by atoms with E-state index in [1.807, 2.05) is 26.0 Å². The Morgan fingerprint density at radius 2 is 1.85 bits per heavy atom. The van der Waals surface area contributed by atoms with Gasteiger partial charge in [-0.25, -0.2) is 13.1 Å². The molecule has 7 heteroatoms. The number of ether oxygens (including phenoxy) is 1. The van der Waals surface area contributed by atoms with Crippen LogP contribution in [0.4, 0.5) is 0 Å². The fourth-order valence-corrected chi connectivity index (χ4v) is 4.43. The topological polar surface area (TPSA) is 84.5 Å². The van der Waals surface area contributed by atoms with Crippen molar-refractivity contribution in [2.45, 2.75) is 31.2 Å². The first-order valence-corrected chi connectivity index (χ1v) is 9.88. The van der Waals surface area contributed by atoms with Crippen molar-refractivity contribution in [2.75, 3.05) is 13.7 Å². The summed E-state index contributed by atoms with van der Waals surface area (Å²) in [7, 11) is -2.19. The van der Waals surface area contributed by atoms with Crippen LogP contribution in [0.1, 0.15) is 39.5 Å². The molecule has 1 unspecified atom stereocenters. The van der Waals surface area contributed by atoms with E-state index in [1.54, 1.807) is 0 Å². The average Bonchev–Trinajstić information content (AvgIpc) is 2.61. The normalized spacial score (nSPS) is 16.5. The first-order chi connectivity index (χ1) is 12.3. The second-order valence-electron chi connectivity index (χ2n) is 6.41. The zero-order chi connectivity index (χ0) is 18.9. The minimum Gasteiger partial charge on any atom is -0.493 e. The lowest BCUT2D eigenvalue weighted by molar-refractivity contribution is 0.0963. The molecule has 0 aromatic heterocycles. The first-order valence-electron chi connectivity index (χ1n) is 8.40. The highest BCUT2D eigenvalue weighted by atomic mass is 32.2. The van der Waals surface area contributed by atoms with Gasteiger partial charge in [0.15, 0.2) is 0 Å². The van der Waals surface area contributed by atoms with E-state index in [1.165, 1.54) is 31.3 Å². The summed E-state index contributed by atoms with van der Waals surface area (Å²) >= 11 is 0. The predicted octanol–water partition coefficient (Wildman–Crippen LogP) is 2.47. The third-order valence-electron chi connectivity index (χ3n) is 4.43. The molecule has 2 aromatic carbocycles. The molecule has 6 nitrogen and oxygen atoms in total. The minimum absolute atomic E-state index is 0.127. The van der Waals surface area contributed by atoms with Gasteiger partial charge in [0, 0.05) is 24.6 Å². The summed E-state index contributed by atoms with van der Waals surface area (Å²) in [4.78, 5) is 11.7. The second-order valence-corrected chi connectivity index (χ2v) is 8.13. The number of nitrogens with one attached hydrogen (secondary N) is 2. The number of sulfonamides is 1. The number of benzene rings is 2. The van der Waals surface area contributed by atoms with E-state index in [0.29, 0.717) is 18.6 Å². The fraction of sp³-hybridized carbons (Fsp3) is 0.316. The highest BCUT2D eigenvalue weighted by molar-refractivity contribution is 7.89. The Labute approximate surface area is 153 Å². The Hall–Kier alpha value is -2.38. The molecular formula is C19H22N2O4S. The van der Waals surface area contributed by atoms with Crippen LogP contribution in [0.15, 0.2) is 41.3 Å². The zero-order valence-electron chi connectivity index (χ0n) is 15.0. The van der Waals surface area contributed by atoms with Crippen LogP contribution in [0, 0.1) is 13.8 Å². The van der Waals surface area contributed by atoms with Crippen LogP contribution < -0.4 is 14.8 Å². The van der Waals surface area contributed by atoms with Gasteiger partial charge >= 0.3 is 0 Å². The standard InChI is InChI=1S/C19H22N2O4S/c1-12-10-13(2)18-16(11-12)17(8-9-25-18)21-26(23,24)15-6-4-14(5-7-15)19(22)20-3/h4-7,10-11,17,21H,8-9H2,1-3H3,(H,20,22). The molecule has 0 fully saturated rings. The van der Waals surface area contributed by atoms with Crippen molar-refractivity contribution < 1.29 is 17.9 Å². The molecule has 1 aliphatic heterocycles. The number of amides is 1. The van der Waals surface area contributed by atoms with Crippen molar-refractivity contribution in [3.05, 3.63) is 58.7 Å². The van der Waals surface area contributed by atoms with Crippen LogP contribution >= 0.6 is 0 Å². The lowest BCUT2D eigenvalue weighted by atomic mass is 9.96. The van der Waals surface area contributed by atoms with Gasteiger partial charge in [-0.2, -0.15) is 0 Å². The monoisotopic (exact) mass is 374 g/mol. The van der Waals surface area contributed by atoms with Gasteiger partial charge in [-0.05, 0) is 43.7 Å². The van der Waals surface area contributed by atoms with Gasteiger partial charge in [-0.1, -0.05) is 17.7 Å². The van der Waals surface area contributed by atoms with Crippen molar-refractivity contribution in [1.29, 1.82) is 0 Å². The molecule has 0 saturated carbocycles. The van der Waals surface area contributed by atoms with E-state index in [2.05, 4.69) is 10.0 Å². The van der Waals surface area contributed by atoms with Gasteiger partial charge in [0.2, 0.25) is 10.0 Å². The molecule has 2 N–H and O–H groups in total. The van der Waals surface area contributed by atoms with E-state index >= 15 is 0 Å². The molecule has 1 amide bonds. The molecule has 0 aliphatic carbocycles. The summed E-state index contributed by atoms with van der Waals surface area (Å²) in [6, 6.07) is 9.51. The Kier molecular flexibility index (Phi) is 5.02. The van der Waals surface area contributed by atoms with Gasteiger partial charge in [0.25, 0.3) is 5.91 Å². The summed E-state index contributed by atoms with van der Waals surface area (Å²) in [5.41, 5.74) is 3.33. The summed E-state index contributed by atoms with van der Waals surface area (Å²) < 4.78 is 34.1. The predicted molar refractivity (Wildman–Crippen MR) is 98.9 cm³/mol. The van der Waals surface area contributed by atoms with Crippen molar-refractivity contribution in [3.63, 3.8) is 0 Å². The smallest absolute Gasteiger partial charge is 0.251 e. The van der Waals surface area contributed by atoms with Crippen LogP contribution in [0.5, 0.6) is 5.75 Å². The third-order valence-corrected chi connectivity index (χ3v) is 5.91. The maximum atomic E-state index is 12.8. The molecule has 1 atom stereocenters. The summed E-state index contributed by atoms with van der Waals surface area (Å²) in [5, 5.41) is 2.51. The molecule has 0 radical (unpaired) electrons. The Bertz CT molecular complexity index is 937. The fourth-order valence-electron chi connectivity index (χ4n) is 3.19. The summed E-state index contributed by atoms with van der Waals surface area (Å²) in [6.45, 7) is 4.39. The number of carbonyl (C=O) groups is 1. The van der Waals surface area contributed by atoms with Gasteiger partial charge in [-0.15, -0.1) is 0 Å². The maximum absolute atomic E-state index is 12.8. The molecule has 138 valence electrons. The number of hydrogen-bond donors (Lipinski definition) is 2. The molecule has 3 rings (SSSR count). The molecule has 2 aromatic rings. The lowest BCUT2D eigenvalue weighted by Gasteiger charge is -2.28. The molecule has 0 bridgehead atoms. The molecule has 26 heavy (non-hydrogen) atoms. The van der Waals surface area contributed by atoms with Crippen LogP contribution in [0.2, 0.25) is 0 Å². The molecule has 1 aliphatic rings. The van der Waals surface area contributed by atoms with Crippen LogP contribution in [-0.2, 0) is 10.0 Å². The van der Waals surface area contributed by atoms with Gasteiger partial charge in [0.05, 0.1) is 17.5 Å². The van der Waals surface area contributed by atoms with Crippen LogP contribution in [0.3, 0.4) is 0 Å². The van der Waals surface area contributed by atoms with Crippen molar-refractivity contribution in [1.82, 2.24) is 10.0 Å². The zero-order valence-corrected chi connectivity index (χ0v) is 15.8. The van der Waals surface area contributed by atoms with Crippen molar-refractivity contribution in [3.8, 4) is 5.75 Å². The molecule has 0 spiro atoms. The second kappa shape index (κ2) is 7.09. The van der Waals surface area contributed by atoms with Crippen LogP contribution in [-0.4, -0.2) is 28.0 Å². The van der Waals surface area contributed by atoms with Gasteiger partial charge in [-0.3, -0.25) is 4.79 Å². The minimum atomic E-state index is -3.71.